The minimum absolute atomic E-state index is 0.0248. The van der Waals surface area contributed by atoms with Crippen LogP contribution in [0.1, 0.15) is 47.9 Å². The molecule has 1 aliphatic rings. The van der Waals surface area contributed by atoms with Gasteiger partial charge in [0.1, 0.15) is 5.69 Å². The fourth-order valence-corrected chi connectivity index (χ4v) is 2.46. The molecule has 2 rings (SSSR count). The summed E-state index contributed by atoms with van der Waals surface area (Å²) in [5, 5.41) is 0. The van der Waals surface area contributed by atoms with Gasteiger partial charge in [0.05, 0.1) is 24.3 Å². The van der Waals surface area contributed by atoms with E-state index in [0.717, 1.165) is 25.0 Å². The Kier molecular flexibility index (Phi) is 6.02. The second-order valence-electron chi connectivity index (χ2n) is 6.08. The van der Waals surface area contributed by atoms with Gasteiger partial charge in [0.2, 0.25) is 0 Å². The van der Waals surface area contributed by atoms with E-state index in [1.807, 2.05) is 0 Å². The third kappa shape index (κ3) is 5.44. The highest BCUT2D eigenvalue weighted by Gasteiger charge is 2.34. The Labute approximate surface area is 144 Å². The zero-order valence-corrected chi connectivity index (χ0v) is 14.2. The third-order valence-electron chi connectivity index (χ3n) is 3.96. The molecule has 25 heavy (non-hydrogen) atoms. The molecule has 1 heterocycles. The summed E-state index contributed by atoms with van der Waals surface area (Å²) >= 11 is 0. The molecule has 1 aromatic rings. The van der Waals surface area contributed by atoms with Crippen LogP contribution in [-0.4, -0.2) is 41.5 Å². The highest BCUT2D eigenvalue weighted by molar-refractivity contribution is 5.95. The first kappa shape index (κ1) is 19.2. The van der Waals surface area contributed by atoms with Gasteiger partial charge in [-0.2, -0.15) is 13.2 Å². The van der Waals surface area contributed by atoms with Gasteiger partial charge in [-0.15, -0.1) is 0 Å². The van der Waals surface area contributed by atoms with Crippen LogP contribution >= 0.6 is 0 Å². The number of amides is 1. The van der Waals surface area contributed by atoms with E-state index in [4.69, 9.17) is 4.74 Å². The number of pyridine rings is 1. The summed E-state index contributed by atoms with van der Waals surface area (Å²) in [6.45, 7) is 4.00. The highest BCUT2D eigenvalue weighted by atomic mass is 19.4. The predicted octanol–water partition coefficient (Wildman–Crippen LogP) is 3.21. The molecule has 5 nitrogen and oxygen atoms in total. The maximum atomic E-state index is 12.7. The van der Waals surface area contributed by atoms with Crippen molar-refractivity contribution < 1.29 is 27.5 Å². The Balaban J connectivity index is 2.13. The van der Waals surface area contributed by atoms with Gasteiger partial charge in [-0.1, -0.05) is 0 Å². The summed E-state index contributed by atoms with van der Waals surface area (Å²) in [7, 11) is 0. The van der Waals surface area contributed by atoms with Crippen LogP contribution in [-0.2, 0) is 15.7 Å². The number of ether oxygens (including phenoxy) is 1. The average molecular weight is 358 g/mol. The van der Waals surface area contributed by atoms with E-state index < -0.39 is 23.7 Å². The highest BCUT2D eigenvalue weighted by Crippen LogP contribution is 2.31. The largest absolute Gasteiger partial charge is 0.466 e. The molecule has 0 spiro atoms. The van der Waals surface area contributed by atoms with Crippen molar-refractivity contribution in [2.24, 2.45) is 5.92 Å². The number of aromatic nitrogens is 1. The number of alkyl halides is 3. The molecule has 0 N–H and O–H groups in total. The molecule has 1 aromatic heterocycles. The van der Waals surface area contributed by atoms with Gasteiger partial charge in [0.15, 0.2) is 0 Å². The first-order valence-electron chi connectivity index (χ1n) is 8.22. The number of aryl methyl sites for hydroxylation is 1. The lowest BCUT2D eigenvalue weighted by atomic mass is 10.1. The second-order valence-corrected chi connectivity index (χ2v) is 6.08. The molecule has 1 fully saturated rings. The molecule has 0 aliphatic heterocycles. The van der Waals surface area contributed by atoms with Crippen molar-refractivity contribution in [2.45, 2.75) is 39.3 Å². The normalized spacial score (nSPS) is 14.3. The molecule has 0 bridgehead atoms. The number of halogens is 3. The fourth-order valence-electron chi connectivity index (χ4n) is 2.46. The summed E-state index contributed by atoms with van der Waals surface area (Å²) in [5.41, 5.74) is -0.879. The molecule has 0 radical (unpaired) electrons. The van der Waals surface area contributed by atoms with E-state index in [0.29, 0.717) is 12.5 Å². The van der Waals surface area contributed by atoms with Crippen LogP contribution in [0.25, 0.3) is 0 Å². The number of esters is 1. The smallest absolute Gasteiger partial charge is 0.433 e. The number of carbonyl (C=O) groups excluding carboxylic acids is 2. The van der Waals surface area contributed by atoms with Gasteiger partial charge < -0.3 is 9.64 Å². The predicted molar refractivity (Wildman–Crippen MR) is 83.9 cm³/mol. The molecule has 1 amide bonds. The average Bonchev–Trinajstić information content (AvgIpc) is 3.34. The SMILES string of the molecule is CCOC(=O)CCN(CC1CC1)C(=O)c1ccc(C(F)(F)F)nc1C. The first-order chi connectivity index (χ1) is 11.7. The molecule has 0 unspecified atom stereocenters. The topological polar surface area (TPSA) is 59.5 Å². The number of rotatable bonds is 7. The van der Waals surface area contributed by atoms with Gasteiger partial charge in [-0.25, -0.2) is 4.98 Å². The van der Waals surface area contributed by atoms with Crippen molar-refractivity contribution in [3.05, 3.63) is 29.1 Å². The van der Waals surface area contributed by atoms with Crippen molar-refractivity contribution in [2.75, 3.05) is 19.7 Å². The lowest BCUT2D eigenvalue weighted by Crippen LogP contribution is -2.35. The first-order valence-corrected chi connectivity index (χ1v) is 8.22. The van der Waals surface area contributed by atoms with Gasteiger partial charge >= 0.3 is 12.1 Å². The summed E-state index contributed by atoms with van der Waals surface area (Å²) < 4.78 is 43.0. The zero-order chi connectivity index (χ0) is 18.6. The quantitative estimate of drug-likeness (QED) is 0.702. The van der Waals surface area contributed by atoms with Crippen molar-refractivity contribution >= 4 is 11.9 Å². The monoisotopic (exact) mass is 358 g/mol. The second kappa shape index (κ2) is 7.84. The van der Waals surface area contributed by atoms with E-state index in [9.17, 15) is 22.8 Å². The Bertz CT molecular complexity index is 643. The van der Waals surface area contributed by atoms with Crippen LogP contribution in [0.15, 0.2) is 12.1 Å². The van der Waals surface area contributed by atoms with Crippen LogP contribution < -0.4 is 0 Å². The van der Waals surface area contributed by atoms with Crippen molar-refractivity contribution in [1.29, 1.82) is 0 Å². The Morgan fingerprint density at radius 2 is 2.00 bits per heavy atom. The number of hydrogen-bond donors (Lipinski definition) is 0. The van der Waals surface area contributed by atoms with Crippen molar-refractivity contribution in [3.63, 3.8) is 0 Å². The Morgan fingerprint density at radius 3 is 2.52 bits per heavy atom. The minimum Gasteiger partial charge on any atom is -0.466 e. The maximum Gasteiger partial charge on any atom is 0.433 e. The lowest BCUT2D eigenvalue weighted by molar-refractivity contribution is -0.143. The summed E-state index contributed by atoms with van der Waals surface area (Å²) in [6, 6.07) is 1.96. The fraction of sp³-hybridized carbons (Fsp3) is 0.588. The molecular weight excluding hydrogens is 337 g/mol. The standard InChI is InChI=1S/C17H21F3N2O3/c1-3-25-15(23)8-9-22(10-12-4-5-12)16(24)13-6-7-14(17(18,19)20)21-11(13)2/h6-7,12H,3-5,8-10H2,1-2H3. The third-order valence-corrected chi connectivity index (χ3v) is 3.96. The molecule has 1 aliphatic carbocycles. The van der Waals surface area contributed by atoms with Crippen molar-refractivity contribution in [3.8, 4) is 0 Å². The molecule has 8 heteroatoms. The van der Waals surface area contributed by atoms with Crippen LogP contribution in [0.5, 0.6) is 0 Å². The molecule has 0 saturated heterocycles. The van der Waals surface area contributed by atoms with Crippen LogP contribution in [0.2, 0.25) is 0 Å². The molecular formula is C17H21F3N2O3. The minimum atomic E-state index is -4.55. The molecule has 1 saturated carbocycles. The van der Waals surface area contributed by atoms with E-state index in [2.05, 4.69) is 4.98 Å². The Morgan fingerprint density at radius 1 is 1.32 bits per heavy atom. The van der Waals surface area contributed by atoms with E-state index in [-0.39, 0.29) is 30.8 Å². The number of nitrogens with zero attached hydrogens (tertiary/aromatic N) is 2. The van der Waals surface area contributed by atoms with Crippen molar-refractivity contribution in [1.82, 2.24) is 9.88 Å². The Hall–Kier alpha value is -2.12. The van der Waals surface area contributed by atoms with Crippen LogP contribution in [0, 0.1) is 12.8 Å². The van der Waals surface area contributed by atoms with Gasteiger partial charge in [0, 0.05) is 13.1 Å². The van der Waals surface area contributed by atoms with Gasteiger partial charge in [-0.05, 0) is 44.7 Å². The number of hydrogen-bond acceptors (Lipinski definition) is 4. The van der Waals surface area contributed by atoms with Gasteiger partial charge in [0.25, 0.3) is 5.91 Å². The summed E-state index contributed by atoms with van der Waals surface area (Å²) in [6.07, 6.45) is -2.48. The maximum absolute atomic E-state index is 12.7. The summed E-state index contributed by atoms with van der Waals surface area (Å²) in [5.74, 6) is -0.429. The van der Waals surface area contributed by atoms with E-state index in [1.165, 1.54) is 11.8 Å². The lowest BCUT2D eigenvalue weighted by Gasteiger charge is -2.23. The van der Waals surface area contributed by atoms with Crippen LogP contribution in [0.4, 0.5) is 13.2 Å². The van der Waals surface area contributed by atoms with Gasteiger partial charge in [-0.3, -0.25) is 9.59 Å². The molecule has 138 valence electrons. The van der Waals surface area contributed by atoms with E-state index >= 15 is 0 Å². The van der Waals surface area contributed by atoms with E-state index in [1.54, 1.807) is 6.92 Å². The zero-order valence-electron chi connectivity index (χ0n) is 14.2. The number of carbonyl (C=O) groups is 2. The molecule has 0 aromatic carbocycles. The van der Waals surface area contributed by atoms with Crippen LogP contribution in [0.3, 0.4) is 0 Å². The molecule has 0 atom stereocenters. The summed E-state index contributed by atoms with van der Waals surface area (Å²) in [4.78, 5) is 29.3.